The Labute approximate surface area is 127 Å². The molecule has 0 atom stereocenters. The average Bonchev–Trinajstić information content (AvgIpc) is 2.46. The SMILES string of the molecule is COc1cc(Cl)ccc1C(=O)N1CCN(CC(=O)O)CC1. The normalized spacial score (nSPS) is 15.8. The van der Waals surface area contributed by atoms with Gasteiger partial charge in [-0.15, -0.1) is 0 Å². The summed E-state index contributed by atoms with van der Waals surface area (Å²) >= 11 is 5.89. The molecule has 21 heavy (non-hydrogen) atoms. The van der Waals surface area contributed by atoms with Crippen LogP contribution < -0.4 is 4.74 Å². The zero-order valence-corrected chi connectivity index (χ0v) is 12.5. The third-order valence-corrected chi connectivity index (χ3v) is 3.65. The van der Waals surface area contributed by atoms with Gasteiger partial charge < -0.3 is 14.7 Å². The highest BCUT2D eigenvalue weighted by Crippen LogP contribution is 2.24. The van der Waals surface area contributed by atoms with Crippen LogP contribution in [0.15, 0.2) is 18.2 Å². The van der Waals surface area contributed by atoms with Gasteiger partial charge in [-0.25, -0.2) is 0 Å². The number of amides is 1. The summed E-state index contributed by atoms with van der Waals surface area (Å²) in [5.41, 5.74) is 0.466. The van der Waals surface area contributed by atoms with E-state index in [1.807, 2.05) is 4.90 Å². The largest absolute Gasteiger partial charge is 0.496 e. The Kier molecular flexibility index (Phi) is 5.03. The van der Waals surface area contributed by atoms with Gasteiger partial charge in [-0.2, -0.15) is 0 Å². The molecule has 1 N–H and O–H groups in total. The predicted octanol–water partition coefficient (Wildman–Crippen LogP) is 1.19. The summed E-state index contributed by atoms with van der Waals surface area (Å²) in [6.45, 7) is 2.10. The molecule has 1 aromatic carbocycles. The number of carboxylic acid groups (broad SMARTS) is 1. The standard InChI is InChI=1S/C14H17ClN2O4/c1-21-12-8-10(15)2-3-11(12)14(20)17-6-4-16(5-7-17)9-13(18)19/h2-3,8H,4-7,9H2,1H3,(H,18,19). The van der Waals surface area contributed by atoms with Gasteiger partial charge in [0.15, 0.2) is 0 Å². The highest BCUT2D eigenvalue weighted by atomic mass is 35.5. The molecular formula is C14H17ClN2O4. The molecule has 114 valence electrons. The Hall–Kier alpha value is -1.79. The van der Waals surface area contributed by atoms with Crippen LogP contribution in [-0.2, 0) is 4.79 Å². The highest BCUT2D eigenvalue weighted by Gasteiger charge is 2.25. The first-order valence-electron chi connectivity index (χ1n) is 6.58. The molecule has 0 aliphatic carbocycles. The molecule has 1 saturated heterocycles. The molecule has 0 unspecified atom stereocenters. The van der Waals surface area contributed by atoms with Crippen molar-refractivity contribution in [2.45, 2.75) is 0 Å². The van der Waals surface area contributed by atoms with Crippen LogP contribution in [0.2, 0.25) is 5.02 Å². The Morgan fingerprint density at radius 3 is 2.52 bits per heavy atom. The minimum atomic E-state index is -0.853. The van der Waals surface area contributed by atoms with E-state index in [2.05, 4.69) is 0 Å². The molecule has 0 saturated carbocycles. The number of nitrogens with zero attached hydrogens (tertiary/aromatic N) is 2. The summed E-state index contributed by atoms with van der Waals surface area (Å²) in [6.07, 6.45) is 0. The first-order chi connectivity index (χ1) is 10.0. The molecule has 1 fully saturated rings. The molecule has 6 nitrogen and oxygen atoms in total. The lowest BCUT2D eigenvalue weighted by Gasteiger charge is -2.34. The molecule has 2 rings (SSSR count). The van der Waals surface area contributed by atoms with Crippen molar-refractivity contribution in [2.75, 3.05) is 39.8 Å². The highest BCUT2D eigenvalue weighted by molar-refractivity contribution is 6.30. The van der Waals surface area contributed by atoms with Crippen molar-refractivity contribution in [2.24, 2.45) is 0 Å². The van der Waals surface area contributed by atoms with E-state index < -0.39 is 5.97 Å². The van der Waals surface area contributed by atoms with E-state index in [1.54, 1.807) is 23.1 Å². The molecule has 1 heterocycles. The topological polar surface area (TPSA) is 70.1 Å². The van der Waals surface area contributed by atoms with Gasteiger partial charge in [0.25, 0.3) is 5.91 Å². The molecular weight excluding hydrogens is 296 g/mol. The summed E-state index contributed by atoms with van der Waals surface area (Å²) in [7, 11) is 1.49. The number of halogens is 1. The quantitative estimate of drug-likeness (QED) is 0.904. The molecule has 0 spiro atoms. The van der Waals surface area contributed by atoms with Gasteiger partial charge in [-0.05, 0) is 18.2 Å². The van der Waals surface area contributed by atoms with E-state index in [1.165, 1.54) is 7.11 Å². The second-order valence-electron chi connectivity index (χ2n) is 4.81. The smallest absolute Gasteiger partial charge is 0.317 e. The van der Waals surface area contributed by atoms with Crippen LogP contribution in [0.25, 0.3) is 0 Å². The summed E-state index contributed by atoms with van der Waals surface area (Å²) in [4.78, 5) is 26.7. The zero-order chi connectivity index (χ0) is 15.4. The van der Waals surface area contributed by atoms with Crippen LogP contribution in [0.5, 0.6) is 5.75 Å². The zero-order valence-electron chi connectivity index (χ0n) is 11.7. The van der Waals surface area contributed by atoms with E-state index in [9.17, 15) is 9.59 Å². The van der Waals surface area contributed by atoms with E-state index in [-0.39, 0.29) is 12.5 Å². The predicted molar refractivity (Wildman–Crippen MR) is 78.0 cm³/mol. The maximum Gasteiger partial charge on any atom is 0.317 e. The fourth-order valence-corrected chi connectivity index (χ4v) is 2.47. The Morgan fingerprint density at radius 2 is 1.95 bits per heavy atom. The molecule has 1 amide bonds. The minimum Gasteiger partial charge on any atom is -0.496 e. The van der Waals surface area contributed by atoms with E-state index in [4.69, 9.17) is 21.4 Å². The van der Waals surface area contributed by atoms with Crippen molar-refractivity contribution in [1.29, 1.82) is 0 Å². The van der Waals surface area contributed by atoms with Crippen LogP contribution in [0.3, 0.4) is 0 Å². The van der Waals surface area contributed by atoms with E-state index in [0.29, 0.717) is 42.5 Å². The van der Waals surface area contributed by atoms with Crippen molar-refractivity contribution in [1.82, 2.24) is 9.80 Å². The van der Waals surface area contributed by atoms with Gasteiger partial charge in [-0.3, -0.25) is 14.5 Å². The number of piperazine rings is 1. The van der Waals surface area contributed by atoms with Gasteiger partial charge in [0.05, 0.1) is 19.2 Å². The van der Waals surface area contributed by atoms with Crippen LogP contribution in [0.4, 0.5) is 0 Å². The second kappa shape index (κ2) is 6.78. The van der Waals surface area contributed by atoms with Gasteiger partial charge in [0, 0.05) is 31.2 Å². The maximum atomic E-state index is 12.5. The summed E-state index contributed by atoms with van der Waals surface area (Å²) in [5, 5.41) is 9.27. The number of carboxylic acids is 1. The van der Waals surface area contributed by atoms with Crippen molar-refractivity contribution in [3.05, 3.63) is 28.8 Å². The minimum absolute atomic E-state index is 0.00625. The molecule has 0 radical (unpaired) electrons. The number of benzene rings is 1. The third-order valence-electron chi connectivity index (χ3n) is 3.41. The number of carbonyl (C=O) groups excluding carboxylic acids is 1. The number of ether oxygens (including phenoxy) is 1. The van der Waals surface area contributed by atoms with Crippen molar-refractivity contribution in [3.63, 3.8) is 0 Å². The third kappa shape index (κ3) is 3.86. The maximum absolute atomic E-state index is 12.5. The van der Waals surface area contributed by atoms with Crippen LogP contribution in [0.1, 0.15) is 10.4 Å². The second-order valence-corrected chi connectivity index (χ2v) is 5.24. The Balaban J connectivity index is 2.03. The molecule has 0 bridgehead atoms. The van der Waals surface area contributed by atoms with E-state index >= 15 is 0 Å². The lowest BCUT2D eigenvalue weighted by molar-refractivity contribution is -0.138. The number of carbonyl (C=O) groups is 2. The molecule has 1 aliphatic rings. The van der Waals surface area contributed by atoms with Crippen LogP contribution >= 0.6 is 11.6 Å². The van der Waals surface area contributed by atoms with Gasteiger partial charge >= 0.3 is 5.97 Å². The average molecular weight is 313 g/mol. The summed E-state index contributed by atoms with van der Waals surface area (Å²) < 4.78 is 5.19. The van der Waals surface area contributed by atoms with Crippen LogP contribution in [-0.4, -0.2) is 66.6 Å². The van der Waals surface area contributed by atoms with Crippen molar-refractivity contribution in [3.8, 4) is 5.75 Å². The molecule has 1 aromatic rings. The number of aliphatic carboxylic acids is 1. The summed E-state index contributed by atoms with van der Waals surface area (Å²) in [6, 6.07) is 4.90. The monoisotopic (exact) mass is 312 g/mol. The fraction of sp³-hybridized carbons (Fsp3) is 0.429. The lowest BCUT2D eigenvalue weighted by atomic mass is 10.1. The Bertz CT molecular complexity index is 542. The number of hydrogen-bond donors (Lipinski definition) is 1. The van der Waals surface area contributed by atoms with Crippen molar-refractivity contribution >= 4 is 23.5 Å². The lowest BCUT2D eigenvalue weighted by Crippen LogP contribution is -2.49. The number of hydrogen-bond acceptors (Lipinski definition) is 4. The van der Waals surface area contributed by atoms with Gasteiger partial charge in [0.1, 0.15) is 5.75 Å². The molecule has 7 heteroatoms. The first kappa shape index (κ1) is 15.6. The number of rotatable bonds is 4. The molecule has 0 aromatic heterocycles. The van der Waals surface area contributed by atoms with Crippen molar-refractivity contribution < 1.29 is 19.4 Å². The first-order valence-corrected chi connectivity index (χ1v) is 6.96. The van der Waals surface area contributed by atoms with E-state index in [0.717, 1.165) is 0 Å². The van der Waals surface area contributed by atoms with Gasteiger partial charge in [-0.1, -0.05) is 11.6 Å². The fourth-order valence-electron chi connectivity index (χ4n) is 2.31. The van der Waals surface area contributed by atoms with Gasteiger partial charge in [0.2, 0.25) is 0 Å². The Morgan fingerprint density at radius 1 is 1.29 bits per heavy atom. The molecule has 1 aliphatic heterocycles. The van der Waals surface area contributed by atoms with Crippen LogP contribution in [0, 0.1) is 0 Å². The number of methoxy groups -OCH3 is 1. The summed E-state index contributed by atoms with van der Waals surface area (Å²) in [5.74, 6) is -0.534.